The third-order valence-electron chi connectivity index (χ3n) is 4.91. The number of methoxy groups -OCH3 is 2. The van der Waals surface area contributed by atoms with Gasteiger partial charge in [-0.1, -0.05) is 42.5 Å². The Labute approximate surface area is 185 Å². The molecule has 0 aliphatic carbocycles. The number of hydrogen-bond donors (Lipinski definition) is 1. The predicted molar refractivity (Wildman–Crippen MR) is 117 cm³/mol. The van der Waals surface area contributed by atoms with Gasteiger partial charge in [-0.05, 0) is 45.8 Å². The summed E-state index contributed by atoms with van der Waals surface area (Å²) in [4.78, 5) is 0.0561. The lowest BCUT2D eigenvalue weighted by atomic mass is 10.00. The van der Waals surface area contributed by atoms with Crippen LogP contribution in [0.25, 0.3) is 5.69 Å². The number of rotatable bonds is 8. The van der Waals surface area contributed by atoms with Gasteiger partial charge in [-0.2, -0.15) is 9.40 Å². The normalized spacial score (nSPS) is 12.3. The largest absolute Gasteiger partial charge is 0.497 e. The van der Waals surface area contributed by atoms with Crippen LogP contribution in [-0.4, -0.2) is 42.8 Å². The topological polar surface area (TPSA) is 108 Å². The number of ether oxygens (including phenoxy) is 2. The fourth-order valence-electron chi connectivity index (χ4n) is 3.28. The van der Waals surface area contributed by atoms with Crippen molar-refractivity contribution in [1.82, 2.24) is 24.9 Å². The van der Waals surface area contributed by atoms with E-state index in [-0.39, 0.29) is 4.90 Å². The quantitative estimate of drug-likeness (QED) is 0.439. The Morgan fingerprint density at radius 1 is 0.906 bits per heavy atom. The number of sulfonamides is 1. The van der Waals surface area contributed by atoms with Gasteiger partial charge in [0.1, 0.15) is 23.5 Å². The maximum Gasteiger partial charge on any atom is 0.241 e. The van der Waals surface area contributed by atoms with Crippen molar-refractivity contribution in [3.8, 4) is 17.2 Å². The molecule has 10 heteroatoms. The Kier molecular flexibility index (Phi) is 6.15. The minimum absolute atomic E-state index is 0.0561. The average Bonchev–Trinajstić information content (AvgIpc) is 3.37. The molecule has 1 atom stereocenters. The summed E-state index contributed by atoms with van der Waals surface area (Å²) in [6.45, 7) is 0. The summed E-state index contributed by atoms with van der Waals surface area (Å²) < 4.78 is 41.5. The summed E-state index contributed by atoms with van der Waals surface area (Å²) in [5.74, 6) is 1.01. The average molecular weight is 452 g/mol. The summed E-state index contributed by atoms with van der Waals surface area (Å²) in [6.07, 6.45) is 1.40. The van der Waals surface area contributed by atoms with Crippen LogP contribution in [0.5, 0.6) is 11.5 Å². The molecule has 0 saturated heterocycles. The second-order valence-electron chi connectivity index (χ2n) is 6.83. The van der Waals surface area contributed by atoms with Gasteiger partial charge in [0, 0.05) is 6.07 Å². The fraction of sp³-hybridized carbons (Fsp3) is 0.136. The number of tetrazole rings is 1. The number of benzene rings is 3. The van der Waals surface area contributed by atoms with E-state index in [1.54, 1.807) is 25.3 Å². The number of nitrogens with zero attached hydrogens (tertiary/aromatic N) is 4. The Balaban J connectivity index is 1.71. The van der Waals surface area contributed by atoms with Crippen LogP contribution in [0.2, 0.25) is 0 Å². The summed E-state index contributed by atoms with van der Waals surface area (Å²) in [5.41, 5.74) is 2.10. The highest BCUT2D eigenvalue weighted by atomic mass is 32.2. The summed E-state index contributed by atoms with van der Waals surface area (Å²) >= 11 is 0. The molecule has 0 unspecified atom stereocenters. The summed E-state index contributed by atoms with van der Waals surface area (Å²) in [7, 11) is -0.874. The second kappa shape index (κ2) is 9.16. The van der Waals surface area contributed by atoms with E-state index in [0.717, 1.165) is 11.1 Å². The Bertz CT molecular complexity index is 1280. The summed E-state index contributed by atoms with van der Waals surface area (Å²) in [5, 5.41) is 11.0. The van der Waals surface area contributed by atoms with E-state index in [9.17, 15) is 8.42 Å². The molecule has 0 fully saturated rings. The molecular formula is C22H21N5O4S. The molecule has 4 rings (SSSR count). The van der Waals surface area contributed by atoms with Crippen molar-refractivity contribution < 1.29 is 17.9 Å². The van der Waals surface area contributed by atoms with Crippen molar-refractivity contribution >= 4 is 10.0 Å². The second-order valence-corrected chi connectivity index (χ2v) is 8.54. The third-order valence-corrected chi connectivity index (χ3v) is 6.33. The lowest BCUT2D eigenvalue weighted by Crippen LogP contribution is -2.29. The van der Waals surface area contributed by atoms with Crippen LogP contribution in [0.1, 0.15) is 17.2 Å². The zero-order chi connectivity index (χ0) is 22.6. The molecule has 0 spiro atoms. The van der Waals surface area contributed by atoms with Gasteiger partial charge in [-0.15, -0.1) is 5.10 Å². The van der Waals surface area contributed by atoms with E-state index in [1.807, 2.05) is 42.5 Å². The van der Waals surface area contributed by atoms with Crippen molar-refractivity contribution in [2.75, 3.05) is 14.2 Å². The molecule has 1 heterocycles. The standard InChI is InChI=1S/C22H21N5O4S/c1-30-18-10-8-17(9-11-18)22(16-6-4-3-5-7-16)24-32(28,29)19-12-13-20(21(14-19)31-2)27-15-23-25-26-27/h3-15,22,24H,1-2H3/t22-/m0/s1. The van der Waals surface area contributed by atoms with Crippen LogP contribution >= 0.6 is 0 Å². The monoisotopic (exact) mass is 451 g/mol. The first-order valence-corrected chi connectivity index (χ1v) is 11.1. The molecule has 1 N–H and O–H groups in total. The molecule has 9 nitrogen and oxygen atoms in total. The van der Waals surface area contributed by atoms with E-state index >= 15 is 0 Å². The molecule has 1 aromatic heterocycles. The first kappa shape index (κ1) is 21.5. The molecule has 0 aliphatic rings. The van der Waals surface area contributed by atoms with Gasteiger partial charge in [0.25, 0.3) is 0 Å². The first-order chi connectivity index (χ1) is 15.5. The van der Waals surface area contributed by atoms with Crippen molar-refractivity contribution in [1.29, 1.82) is 0 Å². The van der Waals surface area contributed by atoms with Crippen molar-refractivity contribution in [2.45, 2.75) is 10.9 Å². The SMILES string of the molecule is COc1ccc([C@@H](NS(=O)(=O)c2ccc(-n3cnnn3)c(OC)c2)c2ccccc2)cc1. The molecular weight excluding hydrogens is 430 g/mol. The van der Waals surface area contributed by atoms with Crippen molar-refractivity contribution in [3.63, 3.8) is 0 Å². The van der Waals surface area contributed by atoms with Gasteiger partial charge in [-0.3, -0.25) is 0 Å². The summed E-state index contributed by atoms with van der Waals surface area (Å²) in [6, 6.07) is 20.5. The maximum atomic E-state index is 13.3. The Morgan fingerprint density at radius 2 is 1.62 bits per heavy atom. The van der Waals surface area contributed by atoms with Crippen LogP contribution in [-0.2, 0) is 10.0 Å². The number of nitrogens with one attached hydrogen (secondary N) is 1. The van der Waals surface area contributed by atoms with E-state index in [1.165, 1.54) is 30.3 Å². The van der Waals surface area contributed by atoms with Crippen molar-refractivity contribution in [3.05, 3.63) is 90.3 Å². The first-order valence-electron chi connectivity index (χ1n) is 9.64. The highest BCUT2D eigenvalue weighted by molar-refractivity contribution is 7.89. The van der Waals surface area contributed by atoms with Crippen molar-refractivity contribution in [2.24, 2.45) is 0 Å². The molecule has 4 aromatic rings. The molecule has 0 saturated carbocycles. The fourth-order valence-corrected chi connectivity index (χ4v) is 4.51. The molecule has 32 heavy (non-hydrogen) atoms. The highest BCUT2D eigenvalue weighted by Crippen LogP contribution is 2.29. The van der Waals surface area contributed by atoms with E-state index in [2.05, 4.69) is 20.2 Å². The van der Waals surface area contributed by atoms with E-state index in [4.69, 9.17) is 9.47 Å². The van der Waals surface area contributed by atoms with Crippen LogP contribution in [0.4, 0.5) is 0 Å². The lowest BCUT2D eigenvalue weighted by molar-refractivity contribution is 0.410. The Morgan fingerprint density at radius 3 is 2.25 bits per heavy atom. The van der Waals surface area contributed by atoms with E-state index < -0.39 is 16.1 Å². The highest BCUT2D eigenvalue weighted by Gasteiger charge is 2.24. The molecule has 0 bridgehead atoms. The van der Waals surface area contributed by atoms with Gasteiger partial charge in [0.2, 0.25) is 10.0 Å². The van der Waals surface area contributed by atoms with E-state index in [0.29, 0.717) is 17.2 Å². The molecule has 0 radical (unpaired) electrons. The Hall–Kier alpha value is -3.76. The van der Waals surface area contributed by atoms with Crippen LogP contribution in [0.3, 0.4) is 0 Å². The zero-order valence-corrected chi connectivity index (χ0v) is 18.2. The smallest absolute Gasteiger partial charge is 0.241 e. The van der Waals surface area contributed by atoms with Gasteiger partial charge in [0.05, 0.1) is 25.2 Å². The minimum Gasteiger partial charge on any atom is -0.497 e. The molecule has 0 amide bonds. The van der Waals surface area contributed by atoms with Crippen LogP contribution in [0, 0.1) is 0 Å². The number of aromatic nitrogens is 4. The van der Waals surface area contributed by atoms with Crippen LogP contribution in [0.15, 0.2) is 84.0 Å². The van der Waals surface area contributed by atoms with Crippen LogP contribution < -0.4 is 14.2 Å². The minimum atomic E-state index is -3.91. The third kappa shape index (κ3) is 4.46. The molecule has 164 valence electrons. The number of hydrogen-bond acceptors (Lipinski definition) is 7. The lowest BCUT2D eigenvalue weighted by Gasteiger charge is -2.20. The van der Waals surface area contributed by atoms with Gasteiger partial charge in [-0.25, -0.2) is 8.42 Å². The van der Waals surface area contributed by atoms with Gasteiger partial charge < -0.3 is 9.47 Å². The predicted octanol–water partition coefficient (Wildman–Crippen LogP) is 2.75. The van der Waals surface area contributed by atoms with Gasteiger partial charge >= 0.3 is 0 Å². The maximum absolute atomic E-state index is 13.3. The molecule has 0 aliphatic heterocycles. The zero-order valence-electron chi connectivity index (χ0n) is 17.4. The molecule has 3 aromatic carbocycles. The van der Waals surface area contributed by atoms with Gasteiger partial charge in [0.15, 0.2) is 0 Å².